The van der Waals surface area contributed by atoms with Crippen molar-refractivity contribution in [3.8, 4) is 0 Å². The van der Waals surface area contributed by atoms with E-state index in [0.29, 0.717) is 36.0 Å². The predicted octanol–water partition coefficient (Wildman–Crippen LogP) is 1.73. The fourth-order valence-corrected chi connectivity index (χ4v) is 6.34. The molecule has 1 aliphatic heterocycles. The SMILES string of the molecule is C[C@H]1NC(=O)/C=C/C(=O)NC(C(N)=O)CCCCNC(=O)[C@@H](Cc2ccc(C(=O)c3ccccc3)cc2)NC(=O)[C@H](CC2CCCCC2)NC1=O. The van der Waals surface area contributed by atoms with Gasteiger partial charge in [0, 0.05) is 36.2 Å². The van der Waals surface area contributed by atoms with E-state index < -0.39 is 59.6 Å². The van der Waals surface area contributed by atoms with Gasteiger partial charge in [-0.15, -0.1) is 0 Å². The van der Waals surface area contributed by atoms with E-state index in [1.807, 2.05) is 6.07 Å². The van der Waals surface area contributed by atoms with Crippen LogP contribution in [0.4, 0.5) is 0 Å². The number of carbonyl (C=O) groups is 7. The molecule has 0 bridgehead atoms. The smallest absolute Gasteiger partial charge is 0.244 e. The molecule has 7 N–H and O–H groups in total. The lowest BCUT2D eigenvalue weighted by Gasteiger charge is -2.29. The second-order valence-corrected chi connectivity index (χ2v) is 13.3. The molecule has 4 rings (SSSR count). The van der Waals surface area contributed by atoms with Gasteiger partial charge in [-0.2, -0.15) is 0 Å². The molecular formula is C38H48N6O7. The van der Waals surface area contributed by atoms with Gasteiger partial charge in [0.2, 0.25) is 35.4 Å². The van der Waals surface area contributed by atoms with E-state index in [1.165, 1.54) is 6.92 Å². The normalized spacial score (nSPS) is 24.1. The molecule has 1 unspecified atom stereocenters. The number of ketones is 1. The zero-order chi connectivity index (χ0) is 36.8. The highest BCUT2D eigenvalue weighted by Crippen LogP contribution is 2.27. The Labute approximate surface area is 297 Å². The average Bonchev–Trinajstić information content (AvgIpc) is 3.13. The van der Waals surface area contributed by atoms with E-state index in [9.17, 15) is 33.6 Å². The van der Waals surface area contributed by atoms with Crippen molar-refractivity contribution in [2.75, 3.05) is 6.54 Å². The number of hydrogen-bond acceptors (Lipinski definition) is 7. The third-order valence-electron chi connectivity index (χ3n) is 9.27. The number of carbonyl (C=O) groups excluding carboxylic acids is 7. The number of nitrogens with two attached hydrogens (primary N) is 1. The third kappa shape index (κ3) is 12.2. The van der Waals surface area contributed by atoms with Crippen LogP contribution in [0, 0.1) is 5.92 Å². The van der Waals surface area contributed by atoms with Gasteiger partial charge in [0.25, 0.3) is 0 Å². The Morgan fingerprint density at radius 1 is 0.667 bits per heavy atom. The van der Waals surface area contributed by atoms with Crippen LogP contribution in [0.25, 0.3) is 0 Å². The quantitative estimate of drug-likeness (QED) is 0.236. The predicted molar refractivity (Wildman–Crippen MR) is 190 cm³/mol. The minimum absolute atomic E-state index is 0.107. The van der Waals surface area contributed by atoms with E-state index in [1.54, 1.807) is 48.5 Å². The minimum Gasteiger partial charge on any atom is -0.368 e. The highest BCUT2D eigenvalue weighted by Gasteiger charge is 2.31. The first-order valence-corrected chi connectivity index (χ1v) is 17.7. The fraction of sp³-hybridized carbons (Fsp3) is 0.447. The summed E-state index contributed by atoms with van der Waals surface area (Å²) >= 11 is 0. The Balaban J connectivity index is 1.57. The van der Waals surface area contributed by atoms with E-state index in [-0.39, 0.29) is 31.1 Å². The van der Waals surface area contributed by atoms with Crippen LogP contribution in [0.1, 0.15) is 86.2 Å². The first kappa shape index (κ1) is 38.5. The molecular weight excluding hydrogens is 652 g/mol. The highest BCUT2D eigenvalue weighted by molar-refractivity contribution is 6.09. The summed E-state index contributed by atoms with van der Waals surface area (Å²) in [5.41, 5.74) is 7.19. The Morgan fingerprint density at radius 3 is 1.94 bits per heavy atom. The maximum absolute atomic E-state index is 13.9. The number of rotatable bonds is 7. The maximum Gasteiger partial charge on any atom is 0.244 e. The summed E-state index contributed by atoms with van der Waals surface area (Å²) in [5, 5.41) is 13.5. The zero-order valence-electron chi connectivity index (χ0n) is 29.0. The third-order valence-corrected chi connectivity index (χ3v) is 9.27. The fourth-order valence-electron chi connectivity index (χ4n) is 6.34. The van der Waals surface area contributed by atoms with Crippen molar-refractivity contribution in [2.45, 2.75) is 95.3 Å². The Bertz CT molecular complexity index is 1590. The van der Waals surface area contributed by atoms with Crippen molar-refractivity contribution < 1.29 is 33.6 Å². The van der Waals surface area contributed by atoms with Gasteiger partial charge in [-0.25, -0.2) is 0 Å². The van der Waals surface area contributed by atoms with Crippen LogP contribution < -0.4 is 32.3 Å². The molecule has 0 radical (unpaired) electrons. The molecule has 0 saturated heterocycles. The van der Waals surface area contributed by atoms with Crippen LogP contribution in [0.15, 0.2) is 66.7 Å². The van der Waals surface area contributed by atoms with Gasteiger partial charge < -0.3 is 32.3 Å². The monoisotopic (exact) mass is 700 g/mol. The molecule has 51 heavy (non-hydrogen) atoms. The molecule has 6 amide bonds. The summed E-state index contributed by atoms with van der Waals surface area (Å²) in [4.78, 5) is 90.6. The molecule has 1 heterocycles. The summed E-state index contributed by atoms with van der Waals surface area (Å²) in [7, 11) is 0. The average molecular weight is 701 g/mol. The second kappa shape index (κ2) is 19.2. The lowest BCUT2D eigenvalue weighted by Crippen LogP contribution is -2.57. The summed E-state index contributed by atoms with van der Waals surface area (Å²) in [6.07, 6.45) is 8.41. The lowest BCUT2D eigenvalue weighted by atomic mass is 9.84. The van der Waals surface area contributed by atoms with Crippen molar-refractivity contribution in [1.29, 1.82) is 0 Å². The van der Waals surface area contributed by atoms with Crippen LogP contribution >= 0.6 is 0 Å². The first-order valence-electron chi connectivity index (χ1n) is 17.7. The molecule has 272 valence electrons. The van der Waals surface area contributed by atoms with Crippen molar-refractivity contribution in [1.82, 2.24) is 26.6 Å². The zero-order valence-corrected chi connectivity index (χ0v) is 29.0. The Kier molecular flexibility index (Phi) is 14.5. The molecule has 0 aromatic heterocycles. The first-order chi connectivity index (χ1) is 24.5. The number of primary amides is 1. The molecule has 4 atom stereocenters. The second-order valence-electron chi connectivity index (χ2n) is 13.3. The standard InChI is InChI=1S/C38H48N6O7/c1-24-36(49)43-31(22-25-10-4-2-5-11-25)38(51)44-30(23-26-15-17-28(18-16-26)34(47)27-12-6-3-7-13-27)37(50)40-21-9-8-14-29(35(39)48)42-33(46)20-19-32(45)41-24/h3,6-7,12-13,15-20,24-25,29-31H,2,4-5,8-11,14,21-23H2,1H3,(H2,39,48)(H,40,50)(H,41,45)(H,42,46)(H,43,49)(H,44,51)/b20-19+/t24-,29?,30-,31+/m1/s1. The summed E-state index contributed by atoms with van der Waals surface area (Å²) in [6, 6.07) is 11.7. The van der Waals surface area contributed by atoms with Crippen molar-refractivity contribution in [2.24, 2.45) is 11.7 Å². The van der Waals surface area contributed by atoms with Gasteiger partial charge in [-0.05, 0) is 44.1 Å². The lowest BCUT2D eigenvalue weighted by molar-refractivity contribution is -0.133. The Morgan fingerprint density at radius 2 is 1.27 bits per heavy atom. The van der Waals surface area contributed by atoms with E-state index >= 15 is 0 Å². The van der Waals surface area contributed by atoms with E-state index in [4.69, 9.17) is 5.73 Å². The van der Waals surface area contributed by atoms with Crippen LogP contribution in [-0.4, -0.2) is 71.9 Å². The molecule has 13 heteroatoms. The topological polar surface area (TPSA) is 206 Å². The number of hydrogen-bond donors (Lipinski definition) is 6. The molecule has 2 aromatic rings. The number of benzene rings is 2. The molecule has 13 nitrogen and oxygen atoms in total. The van der Waals surface area contributed by atoms with Gasteiger partial charge in [0.1, 0.15) is 24.2 Å². The van der Waals surface area contributed by atoms with Gasteiger partial charge >= 0.3 is 0 Å². The van der Waals surface area contributed by atoms with Crippen LogP contribution in [0.2, 0.25) is 0 Å². The summed E-state index contributed by atoms with van der Waals surface area (Å²) in [6.45, 7) is 1.67. The van der Waals surface area contributed by atoms with Gasteiger partial charge in [0.05, 0.1) is 0 Å². The summed E-state index contributed by atoms with van der Waals surface area (Å²) in [5.74, 6) is -3.72. The van der Waals surface area contributed by atoms with Gasteiger partial charge in [-0.1, -0.05) is 86.7 Å². The molecule has 1 fully saturated rings. The van der Waals surface area contributed by atoms with Gasteiger partial charge in [0.15, 0.2) is 5.78 Å². The molecule has 1 saturated carbocycles. The maximum atomic E-state index is 13.9. The van der Waals surface area contributed by atoms with Gasteiger partial charge in [-0.3, -0.25) is 33.6 Å². The largest absolute Gasteiger partial charge is 0.368 e. The molecule has 1 aliphatic carbocycles. The number of nitrogens with one attached hydrogen (secondary N) is 5. The molecule has 0 spiro atoms. The van der Waals surface area contributed by atoms with Crippen molar-refractivity contribution in [3.05, 3.63) is 83.4 Å². The van der Waals surface area contributed by atoms with E-state index in [0.717, 1.165) is 44.3 Å². The van der Waals surface area contributed by atoms with Crippen molar-refractivity contribution in [3.63, 3.8) is 0 Å². The number of amides is 6. The van der Waals surface area contributed by atoms with Crippen molar-refractivity contribution >= 4 is 41.2 Å². The van der Waals surface area contributed by atoms with E-state index in [2.05, 4.69) is 26.6 Å². The minimum atomic E-state index is -1.06. The van der Waals surface area contributed by atoms with Crippen LogP contribution in [0.3, 0.4) is 0 Å². The highest BCUT2D eigenvalue weighted by atomic mass is 16.2. The molecule has 2 aromatic carbocycles. The molecule has 2 aliphatic rings. The van der Waals surface area contributed by atoms with Crippen LogP contribution in [0.5, 0.6) is 0 Å². The Hall–Kier alpha value is -5.33. The van der Waals surface area contributed by atoms with Crippen LogP contribution in [-0.2, 0) is 35.2 Å². The summed E-state index contributed by atoms with van der Waals surface area (Å²) < 4.78 is 0.